The smallest absolute Gasteiger partial charge is 0.0514 e. The fraction of sp³-hybridized carbons (Fsp3) is 0.667. The quantitative estimate of drug-likeness (QED) is 0.897. The van der Waals surface area contributed by atoms with Gasteiger partial charge in [-0.05, 0) is 56.7 Å². The minimum absolute atomic E-state index is 0.102. The van der Waals surface area contributed by atoms with Crippen molar-refractivity contribution >= 4 is 11.6 Å². The topological polar surface area (TPSA) is 29.3 Å². The number of benzene rings is 1. The molecule has 2 fully saturated rings. The second-order valence-corrected chi connectivity index (χ2v) is 7.22. The van der Waals surface area contributed by atoms with Gasteiger partial charge in [-0.25, -0.2) is 0 Å². The number of nitrogens with zero attached hydrogens (tertiary/aromatic N) is 1. The van der Waals surface area contributed by atoms with Gasteiger partial charge in [0.05, 0.1) is 6.04 Å². The zero-order valence-electron chi connectivity index (χ0n) is 13.0. The lowest BCUT2D eigenvalue weighted by Gasteiger charge is -2.49. The molecule has 1 aliphatic heterocycles. The predicted molar refractivity (Wildman–Crippen MR) is 89.5 cm³/mol. The van der Waals surface area contributed by atoms with Crippen LogP contribution in [0.15, 0.2) is 24.3 Å². The van der Waals surface area contributed by atoms with Crippen LogP contribution in [0.2, 0.25) is 5.02 Å². The van der Waals surface area contributed by atoms with Crippen LogP contribution in [0.5, 0.6) is 0 Å². The van der Waals surface area contributed by atoms with Crippen molar-refractivity contribution < 1.29 is 0 Å². The normalized spacial score (nSPS) is 29.7. The van der Waals surface area contributed by atoms with Gasteiger partial charge in [0, 0.05) is 17.1 Å². The van der Waals surface area contributed by atoms with Gasteiger partial charge in [0.25, 0.3) is 0 Å². The highest BCUT2D eigenvalue weighted by atomic mass is 35.5. The van der Waals surface area contributed by atoms with Crippen molar-refractivity contribution in [3.63, 3.8) is 0 Å². The van der Waals surface area contributed by atoms with Crippen LogP contribution in [0.25, 0.3) is 0 Å². The van der Waals surface area contributed by atoms with Crippen molar-refractivity contribution in [2.24, 2.45) is 11.7 Å². The Bertz CT molecular complexity index is 472. The predicted octanol–water partition coefficient (Wildman–Crippen LogP) is 4.38. The Morgan fingerprint density at radius 1 is 1.14 bits per heavy atom. The largest absolute Gasteiger partial charge is 0.326 e. The summed E-state index contributed by atoms with van der Waals surface area (Å²) in [6.07, 6.45) is 8.20. The first kappa shape index (κ1) is 15.3. The molecule has 0 spiro atoms. The third-order valence-corrected chi connectivity index (χ3v) is 5.71. The molecule has 2 nitrogen and oxygen atoms in total. The second-order valence-electron chi connectivity index (χ2n) is 6.82. The summed E-state index contributed by atoms with van der Waals surface area (Å²) in [5, 5.41) is 0.859. The van der Waals surface area contributed by atoms with Crippen LogP contribution in [-0.4, -0.2) is 23.5 Å². The van der Waals surface area contributed by atoms with E-state index in [1.165, 1.54) is 50.6 Å². The van der Waals surface area contributed by atoms with Crippen molar-refractivity contribution in [3.8, 4) is 0 Å². The van der Waals surface area contributed by atoms with Gasteiger partial charge in [-0.3, -0.25) is 4.90 Å². The molecule has 1 aromatic carbocycles. The van der Waals surface area contributed by atoms with E-state index in [0.717, 1.165) is 10.9 Å². The SMILES string of the molecule is CC(N)C(c1ccccc1Cl)N1CCCC2CCCCC21. The van der Waals surface area contributed by atoms with Crippen molar-refractivity contribution in [2.45, 2.75) is 63.6 Å². The molecule has 1 saturated heterocycles. The number of rotatable bonds is 3. The molecule has 3 rings (SSSR count). The molecular formula is C18H27ClN2. The maximum absolute atomic E-state index is 6.48. The van der Waals surface area contributed by atoms with Gasteiger partial charge in [-0.1, -0.05) is 42.6 Å². The summed E-state index contributed by atoms with van der Waals surface area (Å²) < 4.78 is 0. The highest BCUT2D eigenvalue weighted by Gasteiger charge is 2.38. The van der Waals surface area contributed by atoms with E-state index in [4.69, 9.17) is 17.3 Å². The minimum Gasteiger partial charge on any atom is -0.326 e. The summed E-state index contributed by atoms with van der Waals surface area (Å²) in [5.74, 6) is 0.872. The summed E-state index contributed by atoms with van der Waals surface area (Å²) in [7, 11) is 0. The molecule has 2 N–H and O–H groups in total. The maximum Gasteiger partial charge on any atom is 0.0514 e. The molecule has 0 aromatic heterocycles. The Kier molecular flexibility index (Phi) is 4.88. The van der Waals surface area contributed by atoms with Crippen LogP contribution in [0.1, 0.15) is 57.1 Å². The summed E-state index contributed by atoms with van der Waals surface area (Å²) in [6, 6.07) is 9.30. The van der Waals surface area contributed by atoms with Gasteiger partial charge < -0.3 is 5.73 Å². The molecule has 0 amide bonds. The highest BCUT2D eigenvalue weighted by molar-refractivity contribution is 6.31. The van der Waals surface area contributed by atoms with E-state index in [1.54, 1.807) is 0 Å². The highest BCUT2D eigenvalue weighted by Crippen LogP contribution is 2.41. The lowest BCUT2D eigenvalue weighted by atomic mass is 9.77. The van der Waals surface area contributed by atoms with E-state index in [0.29, 0.717) is 6.04 Å². The molecular weight excluding hydrogens is 280 g/mol. The second kappa shape index (κ2) is 6.68. The van der Waals surface area contributed by atoms with Crippen LogP contribution in [0.3, 0.4) is 0 Å². The van der Waals surface area contributed by atoms with Crippen LogP contribution in [0, 0.1) is 5.92 Å². The first-order chi connectivity index (χ1) is 10.2. The molecule has 1 aromatic rings. The number of hydrogen-bond acceptors (Lipinski definition) is 2. The molecule has 21 heavy (non-hydrogen) atoms. The average Bonchev–Trinajstić information content (AvgIpc) is 2.49. The lowest BCUT2D eigenvalue weighted by molar-refractivity contribution is 0.0179. The zero-order valence-corrected chi connectivity index (χ0v) is 13.7. The average molecular weight is 307 g/mol. The van der Waals surface area contributed by atoms with E-state index in [-0.39, 0.29) is 12.1 Å². The maximum atomic E-state index is 6.48. The zero-order chi connectivity index (χ0) is 14.8. The summed E-state index contributed by atoms with van der Waals surface area (Å²) in [5.41, 5.74) is 7.60. The standard InChI is InChI=1S/C18H27ClN2/c1-13(20)18(15-9-3-4-10-16(15)19)21-12-6-8-14-7-2-5-11-17(14)21/h3-4,9-10,13-14,17-18H,2,5-8,11-12,20H2,1H3. The van der Waals surface area contributed by atoms with E-state index < -0.39 is 0 Å². The van der Waals surface area contributed by atoms with Gasteiger partial charge in [0.2, 0.25) is 0 Å². The van der Waals surface area contributed by atoms with Crippen LogP contribution in [0.4, 0.5) is 0 Å². The monoisotopic (exact) mass is 306 g/mol. The third kappa shape index (κ3) is 3.13. The molecule has 4 unspecified atom stereocenters. The lowest BCUT2D eigenvalue weighted by Crippen LogP contribution is -2.52. The number of likely N-dealkylation sites (tertiary alicyclic amines) is 1. The Morgan fingerprint density at radius 2 is 1.86 bits per heavy atom. The minimum atomic E-state index is 0.102. The van der Waals surface area contributed by atoms with Crippen LogP contribution in [-0.2, 0) is 0 Å². The Balaban J connectivity index is 1.91. The molecule has 2 aliphatic rings. The van der Waals surface area contributed by atoms with Gasteiger partial charge in [-0.15, -0.1) is 0 Å². The van der Waals surface area contributed by atoms with Crippen molar-refractivity contribution in [1.82, 2.24) is 4.90 Å². The third-order valence-electron chi connectivity index (χ3n) is 5.37. The molecule has 4 atom stereocenters. The number of piperidine rings is 1. The van der Waals surface area contributed by atoms with Gasteiger partial charge in [0.1, 0.15) is 0 Å². The van der Waals surface area contributed by atoms with E-state index in [1.807, 2.05) is 12.1 Å². The van der Waals surface area contributed by atoms with E-state index in [2.05, 4.69) is 24.0 Å². The van der Waals surface area contributed by atoms with Crippen molar-refractivity contribution in [3.05, 3.63) is 34.9 Å². The Morgan fingerprint density at radius 3 is 2.62 bits per heavy atom. The molecule has 116 valence electrons. The van der Waals surface area contributed by atoms with E-state index in [9.17, 15) is 0 Å². The fourth-order valence-electron chi connectivity index (χ4n) is 4.49. The molecule has 3 heteroatoms. The molecule has 0 radical (unpaired) electrons. The van der Waals surface area contributed by atoms with Gasteiger partial charge in [0.15, 0.2) is 0 Å². The first-order valence-corrected chi connectivity index (χ1v) is 8.82. The molecule has 1 heterocycles. The Hall–Kier alpha value is -0.570. The molecule has 1 saturated carbocycles. The van der Waals surface area contributed by atoms with Crippen LogP contribution >= 0.6 is 11.6 Å². The van der Waals surface area contributed by atoms with Crippen molar-refractivity contribution in [1.29, 1.82) is 0 Å². The number of fused-ring (bicyclic) bond motifs is 1. The first-order valence-electron chi connectivity index (χ1n) is 8.44. The van der Waals surface area contributed by atoms with Crippen LogP contribution < -0.4 is 5.73 Å². The van der Waals surface area contributed by atoms with Gasteiger partial charge in [-0.2, -0.15) is 0 Å². The summed E-state index contributed by atoms with van der Waals surface area (Å²) in [4.78, 5) is 2.68. The molecule has 0 bridgehead atoms. The molecule has 1 aliphatic carbocycles. The Labute approximate surface area is 133 Å². The van der Waals surface area contributed by atoms with E-state index >= 15 is 0 Å². The summed E-state index contributed by atoms with van der Waals surface area (Å²) in [6.45, 7) is 3.29. The number of nitrogens with two attached hydrogens (primary N) is 1. The number of halogens is 1. The van der Waals surface area contributed by atoms with Gasteiger partial charge >= 0.3 is 0 Å². The fourth-order valence-corrected chi connectivity index (χ4v) is 4.74. The summed E-state index contributed by atoms with van der Waals surface area (Å²) >= 11 is 6.48. The number of hydrogen-bond donors (Lipinski definition) is 1. The van der Waals surface area contributed by atoms with Crippen molar-refractivity contribution in [2.75, 3.05) is 6.54 Å².